The van der Waals surface area contributed by atoms with E-state index in [4.69, 9.17) is 0 Å². The molecule has 1 aliphatic heterocycles. The van der Waals surface area contributed by atoms with Crippen LogP contribution in [0.5, 0.6) is 0 Å². The molecule has 0 spiro atoms. The van der Waals surface area contributed by atoms with Gasteiger partial charge in [-0.3, -0.25) is 9.10 Å². The van der Waals surface area contributed by atoms with E-state index in [1.807, 2.05) is 32.0 Å². The molecule has 0 N–H and O–H groups in total. The van der Waals surface area contributed by atoms with E-state index >= 15 is 0 Å². The zero-order chi connectivity index (χ0) is 16.3. The van der Waals surface area contributed by atoms with Crippen LogP contribution in [-0.4, -0.2) is 45.1 Å². The van der Waals surface area contributed by atoms with Crippen molar-refractivity contribution in [3.8, 4) is 0 Å². The third kappa shape index (κ3) is 3.80. The van der Waals surface area contributed by atoms with Crippen LogP contribution in [0.4, 0.5) is 5.69 Å². The van der Waals surface area contributed by atoms with Gasteiger partial charge in [-0.15, -0.1) is 0 Å². The number of rotatable bonds is 4. The Morgan fingerprint density at radius 3 is 2.18 bits per heavy atom. The lowest BCUT2D eigenvalue weighted by Crippen LogP contribution is -2.45. The van der Waals surface area contributed by atoms with Crippen molar-refractivity contribution in [2.24, 2.45) is 0 Å². The van der Waals surface area contributed by atoms with E-state index in [1.54, 1.807) is 4.90 Å². The minimum Gasteiger partial charge on any atom is -0.341 e. The SMILES string of the molecule is Cc1cccc(C)c1N(CC(=O)N1CCCCC1)S(C)(=O)=O. The highest BCUT2D eigenvalue weighted by molar-refractivity contribution is 7.92. The lowest BCUT2D eigenvalue weighted by molar-refractivity contribution is -0.130. The van der Waals surface area contributed by atoms with Gasteiger partial charge in [0.25, 0.3) is 0 Å². The van der Waals surface area contributed by atoms with Gasteiger partial charge in [0.2, 0.25) is 15.9 Å². The summed E-state index contributed by atoms with van der Waals surface area (Å²) in [6, 6.07) is 5.62. The minimum atomic E-state index is -3.51. The quantitative estimate of drug-likeness (QED) is 0.852. The monoisotopic (exact) mass is 324 g/mol. The number of piperidine rings is 1. The molecule has 6 heteroatoms. The van der Waals surface area contributed by atoms with Crippen LogP contribution < -0.4 is 4.31 Å². The zero-order valence-electron chi connectivity index (χ0n) is 13.5. The molecule has 0 aliphatic carbocycles. The molecule has 1 aromatic rings. The van der Waals surface area contributed by atoms with E-state index < -0.39 is 10.0 Å². The zero-order valence-corrected chi connectivity index (χ0v) is 14.3. The molecule has 2 rings (SSSR count). The normalized spacial score (nSPS) is 15.7. The third-order valence-corrected chi connectivity index (χ3v) is 5.19. The van der Waals surface area contributed by atoms with Gasteiger partial charge >= 0.3 is 0 Å². The van der Waals surface area contributed by atoms with Gasteiger partial charge in [-0.2, -0.15) is 0 Å². The van der Waals surface area contributed by atoms with Crippen LogP contribution in [-0.2, 0) is 14.8 Å². The molecule has 0 saturated carbocycles. The average molecular weight is 324 g/mol. The Balaban J connectivity index is 2.30. The first-order valence-electron chi connectivity index (χ1n) is 7.62. The number of anilines is 1. The standard InChI is InChI=1S/C16H24N2O3S/c1-13-8-7-9-14(2)16(13)18(22(3,20)21)12-15(19)17-10-5-4-6-11-17/h7-9H,4-6,10-12H2,1-3H3. The van der Waals surface area contributed by atoms with Crippen LogP contribution in [0.2, 0.25) is 0 Å². The highest BCUT2D eigenvalue weighted by atomic mass is 32.2. The van der Waals surface area contributed by atoms with Crippen molar-refractivity contribution in [3.05, 3.63) is 29.3 Å². The first-order valence-corrected chi connectivity index (χ1v) is 9.47. The Labute approximate surface area is 133 Å². The number of nitrogens with zero attached hydrogens (tertiary/aromatic N) is 2. The molecule has 5 nitrogen and oxygen atoms in total. The van der Waals surface area contributed by atoms with Crippen molar-refractivity contribution in [1.82, 2.24) is 4.90 Å². The minimum absolute atomic E-state index is 0.118. The Hall–Kier alpha value is -1.56. The number of carbonyl (C=O) groups excluding carboxylic acids is 1. The smallest absolute Gasteiger partial charge is 0.243 e. The van der Waals surface area contributed by atoms with E-state index in [0.717, 1.165) is 49.7 Å². The predicted octanol–water partition coefficient (Wildman–Crippen LogP) is 2.08. The molecule has 22 heavy (non-hydrogen) atoms. The fourth-order valence-corrected chi connectivity index (χ4v) is 3.89. The highest BCUT2D eigenvalue weighted by Gasteiger charge is 2.26. The molecule has 1 heterocycles. The molecular weight excluding hydrogens is 300 g/mol. The molecule has 0 radical (unpaired) electrons. The van der Waals surface area contributed by atoms with Crippen LogP contribution in [0.25, 0.3) is 0 Å². The summed E-state index contributed by atoms with van der Waals surface area (Å²) in [4.78, 5) is 14.2. The van der Waals surface area contributed by atoms with Gasteiger partial charge in [0, 0.05) is 13.1 Å². The molecule has 1 fully saturated rings. The van der Waals surface area contributed by atoms with Crippen molar-refractivity contribution in [3.63, 3.8) is 0 Å². The van der Waals surface area contributed by atoms with E-state index in [9.17, 15) is 13.2 Å². The van der Waals surface area contributed by atoms with Crippen LogP contribution >= 0.6 is 0 Å². The lowest BCUT2D eigenvalue weighted by Gasteiger charge is -2.31. The second-order valence-electron chi connectivity index (χ2n) is 5.95. The van der Waals surface area contributed by atoms with E-state index in [2.05, 4.69) is 0 Å². The Kier molecular flexibility index (Phi) is 5.11. The summed E-state index contributed by atoms with van der Waals surface area (Å²) in [6.45, 7) is 5.06. The summed E-state index contributed by atoms with van der Waals surface area (Å²) in [5, 5.41) is 0. The molecule has 1 aliphatic rings. The van der Waals surface area contributed by atoms with Crippen molar-refractivity contribution in [2.75, 3.05) is 30.2 Å². The second kappa shape index (κ2) is 6.69. The van der Waals surface area contributed by atoms with Crippen LogP contribution in [0.15, 0.2) is 18.2 Å². The topological polar surface area (TPSA) is 57.7 Å². The summed E-state index contributed by atoms with van der Waals surface area (Å²) in [7, 11) is -3.51. The summed E-state index contributed by atoms with van der Waals surface area (Å²) in [6.07, 6.45) is 4.28. The summed E-state index contributed by atoms with van der Waals surface area (Å²) in [5.41, 5.74) is 2.34. The van der Waals surface area contributed by atoms with Gasteiger partial charge in [-0.1, -0.05) is 18.2 Å². The van der Waals surface area contributed by atoms with Crippen molar-refractivity contribution < 1.29 is 13.2 Å². The average Bonchev–Trinajstić information content (AvgIpc) is 2.45. The third-order valence-electron chi connectivity index (χ3n) is 4.08. The van der Waals surface area contributed by atoms with Gasteiger partial charge in [-0.25, -0.2) is 8.42 Å². The number of sulfonamides is 1. The van der Waals surface area contributed by atoms with Crippen LogP contribution in [0.1, 0.15) is 30.4 Å². The Morgan fingerprint density at radius 2 is 1.68 bits per heavy atom. The maximum absolute atomic E-state index is 12.5. The van der Waals surface area contributed by atoms with Crippen molar-refractivity contribution in [2.45, 2.75) is 33.1 Å². The first kappa shape index (κ1) is 16.8. The number of benzene rings is 1. The molecular formula is C16H24N2O3S. The number of para-hydroxylation sites is 1. The number of hydrogen-bond acceptors (Lipinski definition) is 3. The highest BCUT2D eigenvalue weighted by Crippen LogP contribution is 2.26. The summed E-state index contributed by atoms with van der Waals surface area (Å²) >= 11 is 0. The van der Waals surface area contributed by atoms with Gasteiger partial charge in [0.1, 0.15) is 6.54 Å². The van der Waals surface area contributed by atoms with Crippen LogP contribution in [0, 0.1) is 13.8 Å². The van der Waals surface area contributed by atoms with Gasteiger partial charge in [0.05, 0.1) is 11.9 Å². The number of amides is 1. The van der Waals surface area contributed by atoms with E-state index in [1.165, 1.54) is 4.31 Å². The Bertz CT molecular complexity index is 629. The largest absolute Gasteiger partial charge is 0.341 e. The fourth-order valence-electron chi connectivity index (χ4n) is 2.93. The molecule has 1 saturated heterocycles. The lowest BCUT2D eigenvalue weighted by atomic mass is 10.1. The molecule has 0 aromatic heterocycles. The van der Waals surface area contributed by atoms with Crippen LogP contribution in [0.3, 0.4) is 0 Å². The summed E-state index contributed by atoms with van der Waals surface area (Å²) < 4.78 is 25.7. The predicted molar refractivity (Wildman–Crippen MR) is 88.5 cm³/mol. The molecule has 0 bridgehead atoms. The molecule has 0 unspecified atom stereocenters. The number of likely N-dealkylation sites (tertiary alicyclic amines) is 1. The van der Waals surface area contributed by atoms with Gasteiger partial charge in [0.15, 0.2) is 0 Å². The van der Waals surface area contributed by atoms with Gasteiger partial charge in [-0.05, 0) is 44.2 Å². The van der Waals surface area contributed by atoms with E-state index in [-0.39, 0.29) is 12.5 Å². The number of aryl methyl sites for hydroxylation is 2. The number of carbonyl (C=O) groups is 1. The fraction of sp³-hybridized carbons (Fsp3) is 0.562. The number of hydrogen-bond donors (Lipinski definition) is 0. The maximum Gasteiger partial charge on any atom is 0.243 e. The maximum atomic E-state index is 12.5. The van der Waals surface area contributed by atoms with Gasteiger partial charge < -0.3 is 4.90 Å². The van der Waals surface area contributed by atoms with E-state index in [0.29, 0.717) is 5.69 Å². The molecule has 122 valence electrons. The molecule has 1 aromatic carbocycles. The first-order chi connectivity index (χ1) is 10.3. The van der Waals surface area contributed by atoms with Crippen molar-refractivity contribution in [1.29, 1.82) is 0 Å². The molecule has 1 amide bonds. The summed E-state index contributed by atoms with van der Waals surface area (Å²) in [5.74, 6) is -0.118. The second-order valence-corrected chi connectivity index (χ2v) is 7.86. The van der Waals surface area contributed by atoms with Crippen molar-refractivity contribution >= 4 is 21.6 Å². The Morgan fingerprint density at radius 1 is 1.14 bits per heavy atom. The molecule has 0 atom stereocenters.